The Labute approximate surface area is 213 Å². The number of ether oxygens (including phenoxy) is 1. The fraction of sp³-hybridized carbons (Fsp3) is 0.179. The van der Waals surface area contributed by atoms with Gasteiger partial charge in [0, 0.05) is 23.2 Å². The number of benzene rings is 3. The molecule has 0 bridgehead atoms. The van der Waals surface area contributed by atoms with E-state index < -0.39 is 5.97 Å². The molecule has 0 aliphatic carbocycles. The van der Waals surface area contributed by atoms with E-state index in [4.69, 9.17) is 21.4 Å². The van der Waals surface area contributed by atoms with Crippen LogP contribution in [0.2, 0.25) is 5.02 Å². The van der Waals surface area contributed by atoms with Gasteiger partial charge in [0.05, 0.1) is 16.9 Å². The second-order valence-corrected chi connectivity index (χ2v) is 9.18. The van der Waals surface area contributed by atoms with Gasteiger partial charge in [0.25, 0.3) is 5.91 Å². The molecule has 4 aromatic rings. The Hall–Kier alpha value is -3.97. The summed E-state index contributed by atoms with van der Waals surface area (Å²) in [6.07, 6.45) is 0.630. The van der Waals surface area contributed by atoms with Gasteiger partial charge in [-0.05, 0) is 72.5 Å². The van der Waals surface area contributed by atoms with E-state index in [1.807, 2.05) is 12.1 Å². The lowest BCUT2D eigenvalue weighted by Gasteiger charge is -2.11. The summed E-state index contributed by atoms with van der Waals surface area (Å²) >= 11 is 5.99. The molecule has 0 aliphatic heterocycles. The van der Waals surface area contributed by atoms with Crippen LogP contribution in [0.25, 0.3) is 16.8 Å². The highest BCUT2D eigenvalue weighted by Gasteiger charge is 2.24. The van der Waals surface area contributed by atoms with Gasteiger partial charge in [-0.1, -0.05) is 43.6 Å². The van der Waals surface area contributed by atoms with Crippen molar-refractivity contribution in [3.8, 4) is 22.7 Å². The van der Waals surface area contributed by atoms with Crippen molar-refractivity contribution in [2.45, 2.75) is 27.2 Å². The summed E-state index contributed by atoms with van der Waals surface area (Å²) in [5.74, 6) is -0.628. The van der Waals surface area contributed by atoms with Gasteiger partial charge < -0.3 is 10.1 Å². The topological polar surface area (TPSA) is 73.2 Å². The van der Waals surface area contributed by atoms with Crippen molar-refractivity contribution < 1.29 is 18.7 Å². The molecule has 0 unspecified atom stereocenters. The Balaban J connectivity index is 1.73. The van der Waals surface area contributed by atoms with Crippen molar-refractivity contribution in [1.29, 1.82) is 0 Å². The quantitative estimate of drug-likeness (QED) is 0.283. The SMILES string of the molecule is CC(=O)Oc1c(-c2ccc(NC(=O)c3cccc(Cl)c3)cc2)c(CC(C)C)nn1-c1ccc(F)cc1. The van der Waals surface area contributed by atoms with E-state index in [9.17, 15) is 14.0 Å². The Morgan fingerprint density at radius 2 is 1.75 bits per heavy atom. The van der Waals surface area contributed by atoms with Gasteiger partial charge in [0.1, 0.15) is 5.82 Å². The van der Waals surface area contributed by atoms with Crippen LogP contribution in [0.1, 0.15) is 36.8 Å². The molecule has 36 heavy (non-hydrogen) atoms. The molecule has 8 heteroatoms. The van der Waals surface area contributed by atoms with Crippen LogP contribution in [-0.2, 0) is 11.2 Å². The summed E-state index contributed by atoms with van der Waals surface area (Å²) in [4.78, 5) is 24.6. The van der Waals surface area contributed by atoms with E-state index in [0.29, 0.717) is 33.9 Å². The number of nitrogens with one attached hydrogen (secondary N) is 1. The second-order valence-electron chi connectivity index (χ2n) is 8.75. The molecule has 0 radical (unpaired) electrons. The number of esters is 1. The van der Waals surface area contributed by atoms with Crippen molar-refractivity contribution in [2.24, 2.45) is 5.92 Å². The fourth-order valence-electron chi connectivity index (χ4n) is 3.81. The third-order valence-electron chi connectivity index (χ3n) is 5.35. The van der Waals surface area contributed by atoms with Gasteiger partial charge in [-0.2, -0.15) is 9.78 Å². The second kappa shape index (κ2) is 10.7. The highest BCUT2D eigenvalue weighted by Crippen LogP contribution is 2.37. The molecule has 0 saturated carbocycles. The van der Waals surface area contributed by atoms with Crippen molar-refractivity contribution in [3.63, 3.8) is 0 Å². The van der Waals surface area contributed by atoms with Crippen LogP contribution in [0.4, 0.5) is 10.1 Å². The zero-order chi connectivity index (χ0) is 25.8. The number of amides is 1. The number of hydrogen-bond donors (Lipinski definition) is 1. The Morgan fingerprint density at radius 1 is 1.06 bits per heavy atom. The van der Waals surface area contributed by atoms with Crippen molar-refractivity contribution in [3.05, 3.63) is 94.9 Å². The minimum Gasteiger partial charge on any atom is -0.407 e. The van der Waals surface area contributed by atoms with E-state index in [2.05, 4.69) is 19.2 Å². The molecule has 1 aromatic heterocycles. The Kier molecular flexibility index (Phi) is 7.50. The zero-order valence-corrected chi connectivity index (χ0v) is 20.8. The van der Waals surface area contributed by atoms with Crippen molar-refractivity contribution in [2.75, 3.05) is 5.32 Å². The number of halogens is 2. The largest absolute Gasteiger partial charge is 0.407 e. The van der Waals surface area contributed by atoms with Gasteiger partial charge >= 0.3 is 5.97 Å². The lowest BCUT2D eigenvalue weighted by molar-refractivity contribution is -0.132. The summed E-state index contributed by atoms with van der Waals surface area (Å²) in [5.41, 5.74) is 3.76. The highest BCUT2D eigenvalue weighted by atomic mass is 35.5. The number of carbonyl (C=O) groups excluding carboxylic acids is 2. The first kappa shape index (κ1) is 25.1. The summed E-state index contributed by atoms with van der Waals surface area (Å²) in [6.45, 7) is 5.46. The summed E-state index contributed by atoms with van der Waals surface area (Å²) in [5, 5.41) is 8.07. The maximum atomic E-state index is 13.5. The van der Waals surface area contributed by atoms with Gasteiger partial charge in [0.15, 0.2) is 0 Å². The molecule has 1 N–H and O–H groups in total. The number of hydrogen-bond acceptors (Lipinski definition) is 4. The van der Waals surface area contributed by atoms with Gasteiger partial charge in [-0.15, -0.1) is 0 Å². The normalized spacial score (nSPS) is 10.9. The summed E-state index contributed by atoms with van der Waals surface area (Å²) < 4.78 is 20.7. The predicted octanol–water partition coefficient (Wildman–Crippen LogP) is 6.71. The van der Waals surface area contributed by atoms with E-state index in [-0.39, 0.29) is 23.5 Å². The summed E-state index contributed by atoms with van der Waals surface area (Å²) in [7, 11) is 0. The number of anilines is 1. The Bertz CT molecular complexity index is 1400. The maximum Gasteiger partial charge on any atom is 0.309 e. The molecule has 6 nitrogen and oxygen atoms in total. The fourth-order valence-corrected chi connectivity index (χ4v) is 4.00. The monoisotopic (exact) mass is 505 g/mol. The minimum atomic E-state index is -0.499. The molecule has 1 heterocycles. The molecule has 1 amide bonds. The van der Waals surface area contributed by atoms with Gasteiger partial charge in [-0.25, -0.2) is 4.39 Å². The standard InChI is InChI=1S/C28H25ClFN3O3/c1-17(2)15-25-26(28(36-18(3)34)33(32-25)24-13-9-22(30)10-14-24)19-7-11-23(12-8-19)31-27(35)20-5-4-6-21(29)16-20/h4-14,16-17H,15H2,1-3H3,(H,31,35). The molecule has 0 aliphatic rings. The molecule has 0 spiro atoms. The van der Waals surface area contributed by atoms with Crippen LogP contribution in [0.3, 0.4) is 0 Å². The third kappa shape index (κ3) is 5.80. The minimum absolute atomic E-state index is 0.250. The molecule has 0 atom stereocenters. The van der Waals surface area contributed by atoms with Crippen LogP contribution in [-0.4, -0.2) is 21.7 Å². The molecule has 0 saturated heterocycles. The number of aromatic nitrogens is 2. The molecule has 4 rings (SSSR count). The van der Waals surface area contributed by atoms with E-state index in [1.54, 1.807) is 48.5 Å². The van der Waals surface area contributed by atoms with Gasteiger partial charge in [0.2, 0.25) is 5.88 Å². The van der Waals surface area contributed by atoms with Crippen LogP contribution in [0.5, 0.6) is 5.88 Å². The van der Waals surface area contributed by atoms with Crippen LogP contribution in [0.15, 0.2) is 72.8 Å². The van der Waals surface area contributed by atoms with Crippen molar-refractivity contribution >= 4 is 29.2 Å². The number of nitrogens with zero attached hydrogens (tertiary/aromatic N) is 2. The smallest absolute Gasteiger partial charge is 0.309 e. The first-order chi connectivity index (χ1) is 17.2. The molecular formula is C28H25ClFN3O3. The molecule has 184 valence electrons. The first-order valence-electron chi connectivity index (χ1n) is 11.4. The average Bonchev–Trinajstić information content (AvgIpc) is 3.16. The van der Waals surface area contributed by atoms with Crippen LogP contribution < -0.4 is 10.1 Å². The van der Waals surface area contributed by atoms with Crippen molar-refractivity contribution in [1.82, 2.24) is 9.78 Å². The number of rotatable bonds is 7. The molecule has 3 aromatic carbocycles. The average molecular weight is 506 g/mol. The summed E-state index contributed by atoms with van der Waals surface area (Å²) in [6, 6.07) is 19.7. The maximum absolute atomic E-state index is 13.5. The lowest BCUT2D eigenvalue weighted by Crippen LogP contribution is -2.11. The predicted molar refractivity (Wildman–Crippen MR) is 138 cm³/mol. The van der Waals surface area contributed by atoms with Crippen LogP contribution in [0, 0.1) is 11.7 Å². The van der Waals surface area contributed by atoms with E-state index in [0.717, 1.165) is 11.3 Å². The zero-order valence-electron chi connectivity index (χ0n) is 20.1. The number of carbonyl (C=O) groups is 2. The molecular weight excluding hydrogens is 481 g/mol. The Morgan fingerprint density at radius 3 is 2.36 bits per heavy atom. The van der Waals surface area contributed by atoms with E-state index >= 15 is 0 Å². The highest BCUT2D eigenvalue weighted by molar-refractivity contribution is 6.31. The van der Waals surface area contributed by atoms with Gasteiger partial charge in [-0.3, -0.25) is 9.59 Å². The lowest BCUT2D eigenvalue weighted by atomic mass is 9.99. The van der Waals surface area contributed by atoms with Crippen LogP contribution >= 0.6 is 11.6 Å². The molecule has 0 fully saturated rings. The van der Waals surface area contributed by atoms with E-state index in [1.165, 1.54) is 23.7 Å². The first-order valence-corrected chi connectivity index (χ1v) is 11.8. The third-order valence-corrected chi connectivity index (χ3v) is 5.58.